The third-order valence-electron chi connectivity index (χ3n) is 3.59. The van der Waals surface area contributed by atoms with Crippen LogP contribution < -0.4 is 11.2 Å². The molecule has 132 valence electrons. The highest BCUT2D eigenvalue weighted by molar-refractivity contribution is 5.13. The number of aromatic nitrogens is 2. The number of rotatable bonds is 9. The Morgan fingerprint density at radius 1 is 1.20 bits per heavy atom. The Bertz CT molecular complexity index is 823. The lowest BCUT2D eigenvalue weighted by atomic mass is 10.2. The molecule has 1 aromatic carbocycles. The summed E-state index contributed by atoms with van der Waals surface area (Å²) in [6.45, 7) is 9.77. The second-order valence-corrected chi connectivity index (χ2v) is 5.52. The zero-order valence-electron chi connectivity index (χ0n) is 14.2. The minimum atomic E-state index is -0.744. The minimum Gasteiger partial charge on any atom is -0.374 e. The van der Waals surface area contributed by atoms with Gasteiger partial charge in [-0.3, -0.25) is 14.3 Å². The molecule has 2 rings (SSSR count). The third kappa shape index (κ3) is 5.14. The molecule has 0 amide bonds. The van der Waals surface area contributed by atoms with Crippen LogP contribution in [0.4, 0.5) is 0 Å². The van der Waals surface area contributed by atoms with Crippen LogP contribution in [-0.2, 0) is 16.1 Å². The van der Waals surface area contributed by atoms with E-state index >= 15 is 0 Å². The molecule has 25 heavy (non-hydrogen) atoms. The third-order valence-corrected chi connectivity index (χ3v) is 3.59. The zero-order chi connectivity index (χ0) is 18.2. The lowest BCUT2D eigenvalue weighted by molar-refractivity contribution is -0.0490. The van der Waals surface area contributed by atoms with Crippen molar-refractivity contribution >= 4 is 0 Å². The van der Waals surface area contributed by atoms with Crippen molar-refractivity contribution in [3.8, 4) is 0 Å². The van der Waals surface area contributed by atoms with Crippen molar-refractivity contribution in [2.24, 2.45) is 0 Å². The van der Waals surface area contributed by atoms with Crippen LogP contribution in [0.15, 0.2) is 71.4 Å². The molecule has 6 heteroatoms. The number of aryl methyl sites for hydroxylation is 1. The molecule has 1 heterocycles. The summed E-state index contributed by atoms with van der Waals surface area (Å²) < 4.78 is 12.8. The highest BCUT2D eigenvalue weighted by Crippen LogP contribution is 2.12. The van der Waals surface area contributed by atoms with Gasteiger partial charge in [0, 0.05) is 11.8 Å². The van der Waals surface area contributed by atoms with E-state index in [4.69, 9.17) is 9.47 Å². The number of H-pyrrole nitrogens is 1. The fourth-order valence-electron chi connectivity index (χ4n) is 2.22. The van der Waals surface area contributed by atoms with Gasteiger partial charge in [-0.1, -0.05) is 43.0 Å². The predicted molar refractivity (Wildman–Crippen MR) is 96.5 cm³/mol. The van der Waals surface area contributed by atoms with Crippen LogP contribution in [0.3, 0.4) is 0 Å². The number of hydrogen-bond donors (Lipinski definition) is 1. The number of benzene rings is 1. The van der Waals surface area contributed by atoms with Crippen LogP contribution >= 0.6 is 0 Å². The second kappa shape index (κ2) is 8.96. The highest BCUT2D eigenvalue weighted by atomic mass is 16.5. The van der Waals surface area contributed by atoms with Gasteiger partial charge in [-0.15, -0.1) is 6.58 Å². The monoisotopic (exact) mass is 342 g/mol. The van der Waals surface area contributed by atoms with Crippen LogP contribution in [0.2, 0.25) is 0 Å². The normalized spacial score (nSPS) is 13.2. The van der Waals surface area contributed by atoms with E-state index in [2.05, 4.69) is 18.1 Å². The summed E-state index contributed by atoms with van der Waals surface area (Å²) in [5.41, 5.74) is 0.479. The van der Waals surface area contributed by atoms with Crippen LogP contribution in [0.1, 0.15) is 17.4 Å². The Kier molecular flexibility index (Phi) is 6.68. The van der Waals surface area contributed by atoms with Gasteiger partial charge in [-0.25, -0.2) is 4.79 Å². The lowest BCUT2D eigenvalue weighted by Crippen LogP contribution is -2.35. The van der Waals surface area contributed by atoms with Gasteiger partial charge in [0.15, 0.2) is 6.23 Å². The molecule has 2 aromatic rings. The molecular weight excluding hydrogens is 320 g/mol. The Labute approximate surface area is 146 Å². The van der Waals surface area contributed by atoms with E-state index < -0.39 is 23.6 Å². The van der Waals surface area contributed by atoms with Crippen LogP contribution in [0.25, 0.3) is 0 Å². The molecule has 1 N–H and O–H groups in total. The number of nitrogens with one attached hydrogen (secondary N) is 1. The van der Waals surface area contributed by atoms with Gasteiger partial charge >= 0.3 is 5.69 Å². The smallest absolute Gasteiger partial charge is 0.330 e. The van der Waals surface area contributed by atoms with Gasteiger partial charge in [-0.05, 0) is 18.6 Å². The molecule has 0 unspecified atom stereocenters. The van der Waals surface area contributed by atoms with E-state index in [1.807, 2.05) is 30.3 Å². The van der Waals surface area contributed by atoms with E-state index in [1.54, 1.807) is 13.0 Å². The van der Waals surface area contributed by atoms with Gasteiger partial charge in [-0.2, -0.15) is 0 Å². The first-order chi connectivity index (χ1) is 12.0. The van der Waals surface area contributed by atoms with Crippen molar-refractivity contribution in [1.29, 1.82) is 0 Å². The van der Waals surface area contributed by atoms with E-state index in [1.165, 1.54) is 16.8 Å². The fraction of sp³-hybridized carbons (Fsp3) is 0.263. The van der Waals surface area contributed by atoms with Gasteiger partial charge in [0.25, 0.3) is 5.56 Å². The molecule has 0 aliphatic carbocycles. The predicted octanol–water partition coefficient (Wildman–Crippen LogP) is 2.32. The Hall–Kier alpha value is -2.70. The molecule has 1 aromatic heterocycles. The summed E-state index contributed by atoms with van der Waals surface area (Å²) in [6, 6.07) is 9.77. The van der Waals surface area contributed by atoms with Gasteiger partial charge in [0.2, 0.25) is 0 Å². The van der Waals surface area contributed by atoms with E-state index in [9.17, 15) is 9.59 Å². The first-order valence-electron chi connectivity index (χ1n) is 7.89. The second-order valence-electron chi connectivity index (χ2n) is 5.52. The number of nitrogens with zero attached hydrogens (tertiary/aromatic N) is 1. The largest absolute Gasteiger partial charge is 0.374 e. The molecule has 0 saturated heterocycles. The van der Waals surface area contributed by atoms with Crippen molar-refractivity contribution in [2.45, 2.75) is 25.9 Å². The van der Waals surface area contributed by atoms with Crippen molar-refractivity contribution in [1.82, 2.24) is 9.55 Å². The van der Waals surface area contributed by atoms with Crippen LogP contribution in [-0.4, -0.2) is 22.3 Å². The maximum Gasteiger partial charge on any atom is 0.330 e. The van der Waals surface area contributed by atoms with Crippen molar-refractivity contribution < 1.29 is 9.47 Å². The minimum absolute atomic E-state index is 0.278. The van der Waals surface area contributed by atoms with E-state index in [-0.39, 0.29) is 6.61 Å². The van der Waals surface area contributed by atoms with Gasteiger partial charge in [0.1, 0.15) is 6.10 Å². The summed E-state index contributed by atoms with van der Waals surface area (Å²) in [4.78, 5) is 25.7. The molecular formula is C19H22N2O4. The summed E-state index contributed by atoms with van der Waals surface area (Å²) in [6.07, 6.45) is 3.34. The number of aromatic amines is 1. The van der Waals surface area contributed by atoms with Crippen LogP contribution in [0, 0.1) is 6.92 Å². The average molecular weight is 342 g/mol. The Morgan fingerprint density at radius 3 is 2.56 bits per heavy atom. The molecule has 2 atom stereocenters. The maximum absolute atomic E-state index is 12.0. The number of hydrogen-bond acceptors (Lipinski definition) is 4. The maximum atomic E-state index is 12.0. The fourth-order valence-corrected chi connectivity index (χ4v) is 2.22. The molecule has 0 spiro atoms. The molecule has 0 aliphatic heterocycles. The molecule has 0 saturated carbocycles. The summed E-state index contributed by atoms with van der Waals surface area (Å²) in [7, 11) is 0. The molecule has 0 aliphatic rings. The van der Waals surface area contributed by atoms with Crippen molar-refractivity contribution in [3.05, 3.63) is 93.8 Å². The average Bonchev–Trinajstić information content (AvgIpc) is 2.62. The Balaban J connectivity index is 2.02. The highest BCUT2D eigenvalue weighted by Gasteiger charge is 2.16. The summed E-state index contributed by atoms with van der Waals surface area (Å²) >= 11 is 0. The molecule has 6 nitrogen and oxygen atoms in total. The lowest BCUT2D eigenvalue weighted by Gasteiger charge is -2.22. The SMILES string of the molecule is C=C[C@H](COCc1ccccc1)O[C@@H](C=C)n1cc(C)c(=O)[nH]c1=O. The van der Waals surface area contributed by atoms with Gasteiger partial charge in [0.05, 0.1) is 13.2 Å². The first-order valence-corrected chi connectivity index (χ1v) is 7.89. The molecule has 0 bridgehead atoms. The quantitative estimate of drug-likeness (QED) is 0.710. The first kappa shape index (κ1) is 18.6. The summed E-state index contributed by atoms with van der Waals surface area (Å²) in [5.74, 6) is 0. The van der Waals surface area contributed by atoms with Gasteiger partial charge < -0.3 is 9.47 Å². The number of ether oxygens (including phenoxy) is 2. The molecule has 0 radical (unpaired) electrons. The van der Waals surface area contributed by atoms with E-state index in [0.717, 1.165) is 5.56 Å². The summed E-state index contributed by atoms with van der Waals surface area (Å²) in [5, 5.41) is 0. The standard InChI is InChI=1S/C19H22N2O4/c1-4-16(13-24-12-15-9-7-6-8-10-15)25-17(5-2)21-11-14(3)18(22)20-19(21)23/h4-11,16-17H,1-2,12-13H2,3H3,(H,20,22,23)/t16-,17+/m1/s1. The molecule has 0 fully saturated rings. The van der Waals surface area contributed by atoms with Crippen molar-refractivity contribution in [3.63, 3.8) is 0 Å². The van der Waals surface area contributed by atoms with Crippen molar-refractivity contribution in [2.75, 3.05) is 6.61 Å². The Morgan fingerprint density at radius 2 is 1.92 bits per heavy atom. The van der Waals surface area contributed by atoms with Crippen LogP contribution in [0.5, 0.6) is 0 Å². The zero-order valence-corrected chi connectivity index (χ0v) is 14.2. The topological polar surface area (TPSA) is 73.3 Å². The van der Waals surface area contributed by atoms with E-state index in [0.29, 0.717) is 12.2 Å².